The number of nitrogens with zero attached hydrogens (tertiary/aromatic N) is 4. The van der Waals surface area contributed by atoms with E-state index in [1.54, 1.807) is 16.8 Å². The fourth-order valence-electron chi connectivity index (χ4n) is 4.36. The Balaban J connectivity index is 1.46. The van der Waals surface area contributed by atoms with Gasteiger partial charge in [-0.25, -0.2) is 14.1 Å². The van der Waals surface area contributed by atoms with Crippen LogP contribution in [-0.4, -0.2) is 46.0 Å². The molecule has 34 heavy (non-hydrogen) atoms. The van der Waals surface area contributed by atoms with E-state index >= 15 is 0 Å². The fraction of sp³-hybridized carbons (Fsp3) is 0.320. The molecule has 5 rings (SSSR count). The molecular weight excluding hydrogens is 467 g/mol. The third-order valence-electron chi connectivity index (χ3n) is 6.04. The van der Waals surface area contributed by atoms with Gasteiger partial charge in [-0.3, -0.25) is 0 Å². The van der Waals surface area contributed by atoms with Crippen molar-refractivity contribution < 1.29 is 14.1 Å². The second-order valence-corrected chi connectivity index (χ2v) is 12.1. The molecule has 1 atom stereocenters. The zero-order valence-corrected chi connectivity index (χ0v) is 20.8. The second kappa shape index (κ2) is 9.82. The summed E-state index contributed by atoms with van der Waals surface area (Å²) in [6.45, 7) is 4.36. The molecule has 0 bridgehead atoms. The molecule has 2 aromatic carbocycles. The molecule has 1 aromatic heterocycles. The first-order chi connectivity index (χ1) is 16.6. The van der Waals surface area contributed by atoms with E-state index in [1.165, 1.54) is 6.42 Å². The number of piperidine rings is 1. The average molecular weight is 495 g/mol. The van der Waals surface area contributed by atoms with Gasteiger partial charge in [0.25, 0.3) is 0 Å². The first kappa shape index (κ1) is 23.0. The molecule has 0 saturated carbocycles. The van der Waals surface area contributed by atoms with Crippen LogP contribution in [0.15, 0.2) is 65.7 Å². The fourth-order valence-corrected chi connectivity index (χ4v) is 8.25. The number of esters is 1. The molecule has 1 fully saturated rings. The minimum Gasteiger partial charge on any atom is -0.460 e. The van der Waals surface area contributed by atoms with E-state index in [4.69, 9.17) is 31.2 Å². The maximum atomic E-state index is 12.4. The van der Waals surface area contributed by atoms with Crippen LogP contribution < -0.4 is 5.30 Å². The number of benzene rings is 2. The number of ether oxygens (including phenoxy) is 1. The van der Waals surface area contributed by atoms with Crippen LogP contribution in [0.2, 0.25) is 0 Å². The summed E-state index contributed by atoms with van der Waals surface area (Å²) in [5.74, 6) is 0.894. The Morgan fingerprint density at radius 2 is 1.74 bits per heavy atom. The van der Waals surface area contributed by atoms with Crippen molar-refractivity contribution >= 4 is 41.2 Å². The van der Waals surface area contributed by atoms with Gasteiger partial charge in [-0.2, -0.15) is 10.1 Å². The van der Waals surface area contributed by atoms with Gasteiger partial charge in [0.15, 0.2) is 5.82 Å². The molecular formula is C25H27N4O3PS. The minimum absolute atomic E-state index is 0.185. The highest BCUT2D eigenvalue weighted by Crippen LogP contribution is 2.56. The van der Waals surface area contributed by atoms with Gasteiger partial charge < -0.3 is 9.26 Å². The second-order valence-electron chi connectivity index (χ2n) is 8.39. The summed E-state index contributed by atoms with van der Waals surface area (Å²) >= 11 is 6.32. The molecule has 3 aromatic rings. The highest BCUT2D eigenvalue weighted by atomic mass is 32.4. The van der Waals surface area contributed by atoms with Gasteiger partial charge >= 0.3 is 5.97 Å². The van der Waals surface area contributed by atoms with Crippen molar-refractivity contribution in [2.24, 2.45) is 4.99 Å². The quantitative estimate of drug-likeness (QED) is 0.369. The molecule has 2 aliphatic heterocycles. The highest BCUT2D eigenvalue weighted by molar-refractivity contribution is 8.15. The summed E-state index contributed by atoms with van der Waals surface area (Å²) in [5.41, 5.74) is 2.24. The molecule has 7 nitrogen and oxygen atoms in total. The average Bonchev–Trinajstić information content (AvgIpc) is 3.21. The number of hydrogen-bond donors (Lipinski definition) is 0. The summed E-state index contributed by atoms with van der Waals surface area (Å²) in [4.78, 5) is 17.2. The predicted octanol–water partition coefficient (Wildman–Crippen LogP) is 4.58. The molecule has 1 saturated heterocycles. The molecule has 9 heteroatoms. The molecule has 3 heterocycles. The van der Waals surface area contributed by atoms with E-state index in [9.17, 15) is 4.79 Å². The van der Waals surface area contributed by atoms with Gasteiger partial charge in [0.1, 0.15) is 11.9 Å². The van der Waals surface area contributed by atoms with Crippen LogP contribution in [0.3, 0.4) is 0 Å². The van der Waals surface area contributed by atoms with Crippen molar-refractivity contribution in [3.8, 4) is 0 Å². The largest absolute Gasteiger partial charge is 0.460 e. The lowest BCUT2D eigenvalue weighted by atomic mass is 10.2. The van der Waals surface area contributed by atoms with E-state index in [2.05, 4.69) is 4.67 Å². The van der Waals surface area contributed by atoms with Crippen LogP contribution in [0, 0.1) is 6.92 Å². The van der Waals surface area contributed by atoms with Gasteiger partial charge in [-0.15, -0.1) is 0 Å². The van der Waals surface area contributed by atoms with Crippen molar-refractivity contribution in [1.29, 1.82) is 0 Å². The van der Waals surface area contributed by atoms with Crippen LogP contribution in [0.4, 0.5) is 5.82 Å². The number of aliphatic imine (C=N–C) groups is 1. The normalized spacial score (nSPS) is 20.2. The van der Waals surface area contributed by atoms with Crippen molar-refractivity contribution in [2.75, 3.05) is 19.7 Å². The third-order valence-corrected chi connectivity index (χ3v) is 10.2. The topological polar surface area (TPSA) is 69.0 Å². The SMILES string of the molecule is Cc1nn(CCOC(=O)c2ccccc2)c2c1P(=S)(N1CCCCC1)OC(c1ccccc1)=N2. The minimum atomic E-state index is -2.57. The van der Waals surface area contributed by atoms with Crippen molar-refractivity contribution in [3.63, 3.8) is 0 Å². The maximum absolute atomic E-state index is 12.4. The molecule has 0 amide bonds. The Kier molecular flexibility index (Phi) is 6.63. The van der Waals surface area contributed by atoms with Crippen LogP contribution in [-0.2, 0) is 27.6 Å². The summed E-state index contributed by atoms with van der Waals surface area (Å²) < 4.78 is 16.2. The lowest BCUT2D eigenvalue weighted by molar-refractivity contribution is 0.0488. The molecule has 0 spiro atoms. The number of rotatable bonds is 6. The number of carbonyl (C=O) groups excluding carboxylic acids is 1. The van der Waals surface area contributed by atoms with Gasteiger partial charge in [-0.1, -0.05) is 42.8 Å². The van der Waals surface area contributed by atoms with E-state index < -0.39 is 6.42 Å². The zero-order valence-electron chi connectivity index (χ0n) is 19.1. The molecule has 0 aliphatic carbocycles. The summed E-state index contributed by atoms with van der Waals surface area (Å²) in [5, 5.41) is 5.67. The van der Waals surface area contributed by atoms with E-state index in [0.717, 1.165) is 42.5 Å². The van der Waals surface area contributed by atoms with Crippen LogP contribution in [0.25, 0.3) is 0 Å². The molecule has 0 radical (unpaired) electrons. The van der Waals surface area contributed by atoms with Gasteiger partial charge in [0, 0.05) is 18.7 Å². The molecule has 0 N–H and O–H groups in total. The molecule has 1 unspecified atom stereocenters. The Labute approximate surface area is 204 Å². The van der Waals surface area contributed by atoms with Gasteiger partial charge in [0.05, 0.1) is 17.8 Å². The Bertz CT molecular complexity index is 1250. The number of hydrogen-bond acceptors (Lipinski definition) is 6. The van der Waals surface area contributed by atoms with E-state index in [0.29, 0.717) is 23.8 Å². The Hall–Kier alpha value is -2.80. The zero-order chi connectivity index (χ0) is 23.5. The smallest absolute Gasteiger partial charge is 0.338 e. The van der Waals surface area contributed by atoms with Crippen LogP contribution in [0.1, 0.15) is 40.9 Å². The number of aromatic nitrogens is 2. The number of fused-ring (bicyclic) bond motifs is 1. The van der Waals surface area contributed by atoms with E-state index in [-0.39, 0.29) is 12.6 Å². The summed E-state index contributed by atoms with van der Waals surface area (Å²) in [6, 6.07) is 18.8. The van der Waals surface area contributed by atoms with Crippen molar-refractivity contribution in [3.05, 3.63) is 77.5 Å². The maximum Gasteiger partial charge on any atom is 0.338 e. The van der Waals surface area contributed by atoms with Gasteiger partial charge in [-0.05, 0) is 55.8 Å². The highest BCUT2D eigenvalue weighted by Gasteiger charge is 2.41. The number of aryl methyl sites for hydroxylation is 1. The van der Waals surface area contributed by atoms with E-state index in [1.807, 2.05) is 55.5 Å². The van der Waals surface area contributed by atoms with Crippen LogP contribution >= 0.6 is 6.42 Å². The summed E-state index contributed by atoms with van der Waals surface area (Å²) in [6.07, 6.45) is 0.858. The summed E-state index contributed by atoms with van der Waals surface area (Å²) in [7, 11) is 0. The number of carbonyl (C=O) groups is 1. The third kappa shape index (κ3) is 4.45. The van der Waals surface area contributed by atoms with Crippen molar-refractivity contribution in [1.82, 2.24) is 14.5 Å². The lowest BCUT2D eigenvalue weighted by Gasteiger charge is -2.38. The lowest BCUT2D eigenvalue weighted by Crippen LogP contribution is -2.35. The molecule has 176 valence electrons. The first-order valence-electron chi connectivity index (χ1n) is 11.6. The molecule has 2 aliphatic rings. The Morgan fingerprint density at radius 3 is 2.44 bits per heavy atom. The van der Waals surface area contributed by atoms with Crippen molar-refractivity contribution in [2.45, 2.75) is 32.7 Å². The monoisotopic (exact) mass is 494 g/mol. The Morgan fingerprint density at radius 1 is 1.06 bits per heavy atom. The first-order valence-corrected chi connectivity index (χ1v) is 14.2. The predicted molar refractivity (Wildman–Crippen MR) is 137 cm³/mol. The van der Waals surface area contributed by atoms with Gasteiger partial charge in [0.2, 0.25) is 12.3 Å². The standard InChI is InChI=1S/C25H27N4O3PS/c1-19-22-23(29(27-19)17-18-31-25(30)21-13-7-3-8-14-21)26-24(20-11-5-2-6-12-20)32-33(22,34)28-15-9-4-10-16-28/h2-3,5-8,11-14H,4,9-10,15-18H2,1H3. The van der Waals surface area contributed by atoms with Crippen LogP contribution in [0.5, 0.6) is 0 Å².